The molecule has 0 fully saturated rings. The first-order valence-corrected chi connectivity index (χ1v) is 14.5. The molecule has 1 aliphatic rings. The largest absolute Gasteiger partial charge is 0.497 e. The fourth-order valence-electron chi connectivity index (χ4n) is 4.80. The number of nitrogens with zero attached hydrogens (tertiary/aromatic N) is 2. The molecular weight excluding hydrogens is 502 g/mol. The standard InChI is InChI=1S/C29H35N3O5S/c1-4-5-17-30-29(34)21(2)31(20-22-10-6-13-24(19-22)37-3)27(33)16-9-18-32-25-14-7-11-23-12-8-15-26(28(23)25)38(32,35)36/h6-8,10-15,19,21H,4-5,9,16-18,20H2,1-3H3,(H,30,34)/t21-/m1/s1. The Labute approximate surface area is 224 Å². The summed E-state index contributed by atoms with van der Waals surface area (Å²) < 4.78 is 33.2. The van der Waals surface area contributed by atoms with Crippen LogP contribution >= 0.6 is 0 Å². The Morgan fingerprint density at radius 2 is 1.79 bits per heavy atom. The predicted octanol–water partition coefficient (Wildman–Crippen LogP) is 4.47. The van der Waals surface area contributed by atoms with Crippen molar-refractivity contribution in [3.63, 3.8) is 0 Å². The molecule has 8 nitrogen and oxygen atoms in total. The zero-order valence-corrected chi connectivity index (χ0v) is 23.0. The fraction of sp³-hybridized carbons (Fsp3) is 0.379. The Hall–Kier alpha value is -3.59. The monoisotopic (exact) mass is 537 g/mol. The van der Waals surface area contributed by atoms with E-state index in [1.54, 1.807) is 37.1 Å². The third-order valence-corrected chi connectivity index (χ3v) is 8.77. The number of methoxy groups -OCH3 is 1. The average Bonchev–Trinajstić information content (AvgIpc) is 3.14. The highest BCUT2D eigenvalue weighted by Gasteiger charge is 2.35. The lowest BCUT2D eigenvalue weighted by Gasteiger charge is -2.29. The first-order valence-electron chi connectivity index (χ1n) is 13.0. The molecule has 0 saturated heterocycles. The van der Waals surface area contributed by atoms with E-state index in [9.17, 15) is 18.0 Å². The van der Waals surface area contributed by atoms with E-state index >= 15 is 0 Å². The van der Waals surface area contributed by atoms with Crippen LogP contribution in [0.1, 0.15) is 45.1 Å². The second kappa shape index (κ2) is 11.9. The molecule has 202 valence electrons. The molecule has 0 unspecified atom stereocenters. The van der Waals surface area contributed by atoms with Crippen LogP contribution in [0.4, 0.5) is 5.69 Å². The van der Waals surface area contributed by atoms with E-state index in [2.05, 4.69) is 5.32 Å². The van der Waals surface area contributed by atoms with Crippen molar-refractivity contribution >= 4 is 38.3 Å². The molecular formula is C29H35N3O5S. The molecule has 1 aliphatic heterocycles. The highest BCUT2D eigenvalue weighted by molar-refractivity contribution is 7.93. The molecule has 1 heterocycles. The van der Waals surface area contributed by atoms with Gasteiger partial charge in [0.1, 0.15) is 11.8 Å². The van der Waals surface area contributed by atoms with Crippen molar-refractivity contribution in [2.75, 3.05) is 24.5 Å². The van der Waals surface area contributed by atoms with Crippen LogP contribution in [-0.4, -0.2) is 51.4 Å². The SMILES string of the molecule is CCCCNC(=O)[C@@H](C)N(Cc1cccc(OC)c1)C(=O)CCCN1c2cccc3cccc(c23)S1(=O)=O. The second-order valence-electron chi connectivity index (χ2n) is 9.51. The van der Waals surface area contributed by atoms with E-state index in [-0.39, 0.29) is 31.3 Å². The number of carbonyl (C=O) groups is 2. The van der Waals surface area contributed by atoms with Crippen molar-refractivity contribution < 1.29 is 22.7 Å². The quantitative estimate of drug-likeness (QED) is 0.344. The van der Waals surface area contributed by atoms with E-state index in [0.29, 0.717) is 29.3 Å². The summed E-state index contributed by atoms with van der Waals surface area (Å²) in [6, 6.07) is 17.5. The lowest BCUT2D eigenvalue weighted by Crippen LogP contribution is -2.47. The summed E-state index contributed by atoms with van der Waals surface area (Å²) in [6.45, 7) is 4.74. The number of carbonyl (C=O) groups excluding carboxylic acids is 2. The summed E-state index contributed by atoms with van der Waals surface area (Å²) in [4.78, 5) is 28.2. The number of hydrogen-bond donors (Lipinski definition) is 1. The Morgan fingerprint density at radius 3 is 2.53 bits per heavy atom. The maximum absolute atomic E-state index is 13.5. The molecule has 1 N–H and O–H groups in total. The molecule has 0 radical (unpaired) electrons. The van der Waals surface area contributed by atoms with Gasteiger partial charge in [-0.25, -0.2) is 8.42 Å². The first kappa shape index (κ1) is 27.4. The number of amides is 2. The van der Waals surface area contributed by atoms with Gasteiger partial charge in [0.2, 0.25) is 11.8 Å². The molecule has 4 rings (SSSR count). The zero-order chi connectivity index (χ0) is 27.3. The first-order chi connectivity index (χ1) is 18.3. The summed E-state index contributed by atoms with van der Waals surface area (Å²) in [5, 5.41) is 4.51. The van der Waals surface area contributed by atoms with Gasteiger partial charge in [-0.15, -0.1) is 0 Å². The van der Waals surface area contributed by atoms with Gasteiger partial charge >= 0.3 is 0 Å². The van der Waals surface area contributed by atoms with Crippen molar-refractivity contribution in [3.8, 4) is 5.75 Å². The van der Waals surface area contributed by atoms with E-state index in [4.69, 9.17) is 4.74 Å². The summed E-state index contributed by atoms with van der Waals surface area (Å²) in [5.41, 5.74) is 1.48. The lowest BCUT2D eigenvalue weighted by molar-refractivity contribution is -0.140. The number of unbranched alkanes of at least 4 members (excludes halogenated alkanes) is 1. The summed E-state index contributed by atoms with van der Waals surface area (Å²) in [6.07, 6.45) is 2.25. The number of benzene rings is 3. The Bertz CT molecular complexity index is 1420. The third kappa shape index (κ3) is 5.62. The third-order valence-electron chi connectivity index (χ3n) is 6.92. The molecule has 3 aromatic carbocycles. The van der Waals surface area contributed by atoms with Crippen LogP contribution in [0.2, 0.25) is 0 Å². The minimum atomic E-state index is -3.69. The van der Waals surface area contributed by atoms with Crippen molar-refractivity contribution in [2.45, 2.75) is 57.0 Å². The lowest BCUT2D eigenvalue weighted by atomic mass is 10.1. The molecule has 0 saturated carbocycles. The molecule has 38 heavy (non-hydrogen) atoms. The van der Waals surface area contributed by atoms with Crippen molar-refractivity contribution in [1.82, 2.24) is 10.2 Å². The second-order valence-corrected chi connectivity index (χ2v) is 11.3. The maximum Gasteiger partial charge on any atom is 0.265 e. The van der Waals surface area contributed by atoms with Crippen LogP contribution in [0, 0.1) is 0 Å². The van der Waals surface area contributed by atoms with E-state index in [1.807, 2.05) is 49.4 Å². The number of sulfonamides is 1. The minimum absolute atomic E-state index is 0.106. The van der Waals surface area contributed by atoms with E-state index in [1.165, 1.54) is 4.31 Å². The normalized spacial score (nSPS) is 14.3. The molecule has 0 aliphatic carbocycles. The van der Waals surface area contributed by atoms with Gasteiger partial charge in [0.15, 0.2) is 0 Å². The minimum Gasteiger partial charge on any atom is -0.497 e. The topological polar surface area (TPSA) is 96.0 Å². The summed E-state index contributed by atoms with van der Waals surface area (Å²) in [7, 11) is -2.10. The van der Waals surface area contributed by atoms with Crippen LogP contribution in [0.25, 0.3) is 10.8 Å². The number of nitrogens with one attached hydrogen (secondary N) is 1. The van der Waals surface area contributed by atoms with E-state index < -0.39 is 16.1 Å². The molecule has 0 bridgehead atoms. The van der Waals surface area contributed by atoms with Gasteiger partial charge < -0.3 is 15.0 Å². The van der Waals surface area contributed by atoms with Crippen LogP contribution in [-0.2, 0) is 26.2 Å². The Kier molecular flexibility index (Phi) is 8.56. The van der Waals surface area contributed by atoms with Gasteiger partial charge in [0.05, 0.1) is 17.7 Å². The van der Waals surface area contributed by atoms with Crippen LogP contribution < -0.4 is 14.4 Å². The Balaban J connectivity index is 1.48. The van der Waals surface area contributed by atoms with Gasteiger partial charge in [0.25, 0.3) is 10.0 Å². The number of rotatable bonds is 12. The maximum atomic E-state index is 13.5. The number of ether oxygens (including phenoxy) is 1. The van der Waals surface area contributed by atoms with Gasteiger partial charge in [-0.2, -0.15) is 0 Å². The van der Waals surface area contributed by atoms with Crippen molar-refractivity contribution in [1.29, 1.82) is 0 Å². The fourth-order valence-corrected chi connectivity index (χ4v) is 6.55. The van der Waals surface area contributed by atoms with Gasteiger partial charge in [-0.3, -0.25) is 13.9 Å². The smallest absolute Gasteiger partial charge is 0.265 e. The molecule has 0 spiro atoms. The number of anilines is 1. The van der Waals surface area contributed by atoms with Crippen molar-refractivity contribution in [3.05, 3.63) is 66.2 Å². The predicted molar refractivity (Wildman–Crippen MR) is 149 cm³/mol. The molecule has 0 aromatic heterocycles. The summed E-state index contributed by atoms with van der Waals surface area (Å²) in [5.74, 6) is 0.250. The average molecular weight is 538 g/mol. The van der Waals surface area contributed by atoms with Gasteiger partial charge in [-0.1, -0.05) is 49.7 Å². The number of hydrogen-bond acceptors (Lipinski definition) is 5. The highest BCUT2D eigenvalue weighted by atomic mass is 32.2. The Morgan fingerprint density at radius 1 is 1.05 bits per heavy atom. The molecule has 3 aromatic rings. The van der Waals surface area contributed by atoms with Gasteiger partial charge in [-0.05, 0) is 55.0 Å². The molecule has 1 atom stereocenters. The summed E-state index contributed by atoms with van der Waals surface area (Å²) >= 11 is 0. The highest BCUT2D eigenvalue weighted by Crippen LogP contribution is 2.42. The van der Waals surface area contributed by atoms with Crippen LogP contribution in [0.3, 0.4) is 0 Å². The van der Waals surface area contributed by atoms with Crippen LogP contribution in [0.5, 0.6) is 5.75 Å². The molecule has 2 amide bonds. The van der Waals surface area contributed by atoms with Crippen LogP contribution in [0.15, 0.2) is 65.6 Å². The van der Waals surface area contributed by atoms with E-state index in [0.717, 1.165) is 29.2 Å². The van der Waals surface area contributed by atoms with Gasteiger partial charge in [0, 0.05) is 31.4 Å². The zero-order valence-electron chi connectivity index (χ0n) is 22.1. The van der Waals surface area contributed by atoms with Crippen molar-refractivity contribution in [2.24, 2.45) is 0 Å². The molecule has 9 heteroatoms.